The number of nitrogens with zero attached hydrogens (tertiary/aromatic N) is 2. The third kappa shape index (κ3) is 13.7. The van der Waals surface area contributed by atoms with Crippen molar-refractivity contribution in [3.8, 4) is 0 Å². The van der Waals surface area contributed by atoms with Crippen LogP contribution in [0.15, 0.2) is 46.6 Å². The third-order valence-electron chi connectivity index (χ3n) is 7.86. The van der Waals surface area contributed by atoms with E-state index in [1.54, 1.807) is 72.7 Å². The highest BCUT2D eigenvalue weighted by molar-refractivity contribution is 6.32. The Balaban J connectivity index is 0.000000361. The van der Waals surface area contributed by atoms with E-state index in [4.69, 9.17) is 9.78 Å². The van der Waals surface area contributed by atoms with Crippen LogP contribution in [0.5, 0.6) is 0 Å². The minimum Gasteiger partial charge on any atom is -0.275 e. The molecule has 4 amide bonds. The number of hydrogen-bond acceptors (Lipinski definition) is 12. The Morgan fingerprint density at radius 3 is 1.60 bits per heavy atom. The zero-order valence-electron chi connectivity index (χ0n) is 32.6. The molecule has 0 radical (unpaired) electrons. The van der Waals surface area contributed by atoms with Crippen LogP contribution in [0.4, 0.5) is 5.69 Å². The predicted molar refractivity (Wildman–Crippen MR) is 189 cm³/mol. The molecule has 52 heavy (non-hydrogen) atoms. The quantitative estimate of drug-likeness (QED) is 0.0832. The lowest BCUT2D eigenvalue weighted by atomic mass is 9.84. The van der Waals surface area contributed by atoms with Crippen molar-refractivity contribution >= 4 is 41.3 Å². The van der Waals surface area contributed by atoms with E-state index >= 15 is 0 Å². The van der Waals surface area contributed by atoms with E-state index in [1.165, 1.54) is 4.90 Å². The van der Waals surface area contributed by atoms with Gasteiger partial charge >= 0.3 is 11.9 Å². The van der Waals surface area contributed by atoms with Gasteiger partial charge in [-0.05, 0) is 115 Å². The molecular weight excluding hydrogens is 676 g/mol. The summed E-state index contributed by atoms with van der Waals surface area (Å²) in [5, 5.41) is 9.08. The van der Waals surface area contributed by atoms with Crippen LogP contribution in [0, 0.1) is 5.41 Å². The number of anilines is 1. The maximum absolute atomic E-state index is 12.1. The van der Waals surface area contributed by atoms with E-state index in [0.717, 1.165) is 11.3 Å². The Morgan fingerprint density at radius 2 is 1.10 bits per heavy atom. The number of hydrogen-bond donors (Lipinski definition) is 0. The smallest absolute Gasteiger partial charge is 0.275 e. The molecule has 14 nitrogen and oxygen atoms in total. The van der Waals surface area contributed by atoms with Crippen molar-refractivity contribution in [3.05, 3.63) is 52.1 Å². The standard InChI is InChI=1S/C20H33NO6.C18H21NO6/c1-14-15(2)18(24)21(17(14)23)12-10-8-9-11-16(22)25-27-26-20(6,7)13-19(3,4)5;1-11-12(2)17(22)19(16(11)21)14-8-6-13(7-9-14)10-15(20)23-25-24-18(3,4)5/h8-13H2,1-7H3;6-9H,10H2,1-5H3. The molecule has 0 saturated carbocycles. The summed E-state index contributed by atoms with van der Waals surface area (Å²) in [6.45, 7) is 22.2. The predicted octanol–water partition coefficient (Wildman–Crippen LogP) is 6.52. The summed E-state index contributed by atoms with van der Waals surface area (Å²) in [5.41, 5.74) is 1.89. The van der Waals surface area contributed by atoms with Gasteiger partial charge < -0.3 is 0 Å². The van der Waals surface area contributed by atoms with Crippen molar-refractivity contribution in [2.24, 2.45) is 5.41 Å². The van der Waals surface area contributed by atoms with Crippen molar-refractivity contribution in [2.45, 2.75) is 133 Å². The number of imide groups is 2. The van der Waals surface area contributed by atoms with Gasteiger partial charge in [0.15, 0.2) is 0 Å². The fourth-order valence-electron chi connectivity index (χ4n) is 5.33. The molecular formula is C38H54N2O12. The molecule has 2 aliphatic rings. The van der Waals surface area contributed by atoms with E-state index in [2.05, 4.69) is 40.6 Å². The van der Waals surface area contributed by atoms with Crippen LogP contribution in [-0.2, 0) is 64.8 Å². The Hall–Kier alpha value is -4.24. The maximum atomic E-state index is 12.1. The minimum atomic E-state index is -0.626. The summed E-state index contributed by atoms with van der Waals surface area (Å²) in [6.07, 6.45) is 2.80. The topological polar surface area (TPSA) is 164 Å². The van der Waals surface area contributed by atoms with Crippen molar-refractivity contribution in [3.63, 3.8) is 0 Å². The van der Waals surface area contributed by atoms with Crippen molar-refractivity contribution in [1.82, 2.24) is 4.90 Å². The molecule has 0 fully saturated rings. The van der Waals surface area contributed by atoms with Gasteiger partial charge in [0.25, 0.3) is 23.6 Å². The Labute approximate surface area is 306 Å². The number of carbonyl (C=O) groups is 6. The van der Waals surface area contributed by atoms with E-state index in [0.29, 0.717) is 59.4 Å². The highest BCUT2D eigenvalue weighted by Crippen LogP contribution is 2.30. The second-order valence-corrected chi connectivity index (χ2v) is 15.7. The molecule has 0 atom stereocenters. The summed E-state index contributed by atoms with van der Waals surface area (Å²) in [4.78, 5) is 93.0. The van der Waals surface area contributed by atoms with Gasteiger partial charge in [0, 0.05) is 35.3 Å². The number of carbonyl (C=O) groups excluding carboxylic acids is 6. The molecule has 0 aromatic heterocycles. The molecule has 3 rings (SSSR count). The van der Waals surface area contributed by atoms with Crippen molar-refractivity contribution in [1.29, 1.82) is 0 Å². The SMILES string of the molecule is CC1=C(C)C(=O)N(CCCCCC(=O)OOOC(C)(C)CC(C)(C)C)C1=O.CC1=C(C)C(=O)N(c2ccc(CC(=O)OOOC(C)(C)C)cc2)C1=O. The van der Waals surface area contributed by atoms with Crippen LogP contribution in [0.2, 0.25) is 0 Å². The summed E-state index contributed by atoms with van der Waals surface area (Å²) in [7, 11) is 0. The first-order chi connectivity index (χ1) is 23.9. The zero-order chi connectivity index (χ0) is 39.6. The van der Waals surface area contributed by atoms with E-state index < -0.39 is 23.1 Å². The summed E-state index contributed by atoms with van der Waals surface area (Å²) in [5.74, 6) is -2.24. The Kier molecular flexibility index (Phi) is 15.6. The molecule has 2 heterocycles. The fraction of sp³-hybridized carbons (Fsp3) is 0.579. The van der Waals surface area contributed by atoms with Crippen LogP contribution in [0.3, 0.4) is 0 Å². The number of benzene rings is 1. The summed E-state index contributed by atoms with van der Waals surface area (Å²) >= 11 is 0. The van der Waals surface area contributed by atoms with Gasteiger partial charge in [0.1, 0.15) is 5.60 Å². The molecule has 14 heteroatoms. The molecule has 0 bridgehead atoms. The van der Waals surface area contributed by atoms with Gasteiger partial charge in [-0.2, -0.15) is 9.78 Å². The first-order valence-electron chi connectivity index (χ1n) is 17.2. The second-order valence-electron chi connectivity index (χ2n) is 15.7. The monoisotopic (exact) mass is 730 g/mol. The first kappa shape index (κ1) is 43.9. The minimum absolute atomic E-state index is 0.0357. The molecule has 0 spiro atoms. The maximum Gasteiger partial charge on any atom is 0.349 e. The molecule has 0 saturated heterocycles. The highest BCUT2D eigenvalue weighted by atomic mass is 17.5. The van der Waals surface area contributed by atoms with Gasteiger partial charge in [-0.1, -0.05) is 39.3 Å². The van der Waals surface area contributed by atoms with E-state index in [9.17, 15) is 28.8 Å². The number of unbranched alkanes of at least 4 members (excludes halogenated alkanes) is 2. The number of amides is 4. The Morgan fingerprint density at radius 1 is 0.615 bits per heavy atom. The normalized spacial score (nSPS) is 15.5. The lowest BCUT2D eigenvalue weighted by Crippen LogP contribution is -2.32. The molecule has 1 aromatic carbocycles. The van der Waals surface area contributed by atoms with Crippen LogP contribution in [0.25, 0.3) is 0 Å². The Bertz CT molecular complexity index is 1510. The molecule has 2 aliphatic heterocycles. The first-order valence-corrected chi connectivity index (χ1v) is 17.2. The summed E-state index contributed by atoms with van der Waals surface area (Å²) < 4.78 is 0. The molecule has 0 N–H and O–H groups in total. The molecule has 288 valence electrons. The second kappa shape index (κ2) is 18.5. The highest BCUT2D eigenvalue weighted by Gasteiger charge is 2.35. The molecule has 0 unspecified atom stereocenters. The van der Waals surface area contributed by atoms with Crippen LogP contribution >= 0.6 is 0 Å². The van der Waals surface area contributed by atoms with Crippen LogP contribution < -0.4 is 4.90 Å². The average molecular weight is 731 g/mol. The third-order valence-corrected chi connectivity index (χ3v) is 7.86. The summed E-state index contributed by atoms with van der Waals surface area (Å²) in [6, 6.07) is 6.50. The lowest BCUT2D eigenvalue weighted by molar-refractivity contribution is -0.518. The zero-order valence-corrected chi connectivity index (χ0v) is 32.6. The van der Waals surface area contributed by atoms with Gasteiger partial charge in [-0.15, -0.1) is 0 Å². The molecule has 1 aromatic rings. The fourth-order valence-corrected chi connectivity index (χ4v) is 5.33. The van der Waals surface area contributed by atoms with Crippen molar-refractivity contribution in [2.75, 3.05) is 11.4 Å². The van der Waals surface area contributed by atoms with E-state index in [-0.39, 0.29) is 41.9 Å². The van der Waals surface area contributed by atoms with Gasteiger partial charge in [0.05, 0.1) is 17.7 Å². The van der Waals surface area contributed by atoms with Crippen LogP contribution in [0.1, 0.15) is 121 Å². The largest absolute Gasteiger partial charge is 0.349 e. The molecule has 0 aliphatic carbocycles. The van der Waals surface area contributed by atoms with Gasteiger partial charge in [0.2, 0.25) is 0 Å². The number of rotatable bonds is 15. The van der Waals surface area contributed by atoms with Crippen LogP contribution in [-0.4, -0.2) is 58.2 Å². The van der Waals surface area contributed by atoms with E-state index in [1.807, 2.05) is 13.8 Å². The van der Waals surface area contributed by atoms with Crippen molar-refractivity contribution < 1.29 is 58.4 Å². The van der Waals surface area contributed by atoms with Gasteiger partial charge in [-0.25, -0.2) is 14.5 Å². The lowest BCUT2D eigenvalue weighted by Gasteiger charge is -2.29. The van der Waals surface area contributed by atoms with Gasteiger partial charge in [-0.3, -0.25) is 33.9 Å². The average Bonchev–Trinajstić information content (AvgIpc) is 3.33.